The van der Waals surface area contributed by atoms with Crippen LogP contribution in [0.5, 0.6) is 11.5 Å². The van der Waals surface area contributed by atoms with Crippen molar-refractivity contribution in [3.8, 4) is 11.5 Å². The van der Waals surface area contributed by atoms with Crippen LogP contribution in [-0.4, -0.2) is 18.2 Å². The highest BCUT2D eigenvalue weighted by Crippen LogP contribution is 2.29. The maximum Gasteiger partial charge on any atom is 0.307 e. The summed E-state index contributed by atoms with van der Waals surface area (Å²) in [7, 11) is 1.55. The van der Waals surface area contributed by atoms with Crippen LogP contribution in [0.25, 0.3) is 0 Å². The first-order chi connectivity index (χ1) is 11.0. The van der Waals surface area contributed by atoms with Gasteiger partial charge in [-0.3, -0.25) is 4.79 Å². The molecule has 0 aliphatic carbocycles. The van der Waals surface area contributed by atoms with Crippen molar-refractivity contribution >= 4 is 5.97 Å². The van der Waals surface area contributed by atoms with E-state index in [2.05, 4.69) is 38.1 Å². The van der Waals surface area contributed by atoms with Crippen LogP contribution in [0.1, 0.15) is 36.5 Å². The third-order valence-corrected chi connectivity index (χ3v) is 3.62. The molecule has 2 aromatic carbocycles. The molecule has 0 unspecified atom stereocenters. The van der Waals surface area contributed by atoms with Crippen LogP contribution in [-0.2, 0) is 17.8 Å². The minimum Gasteiger partial charge on any atom is -0.493 e. The number of carboxylic acids is 1. The summed E-state index contributed by atoms with van der Waals surface area (Å²) in [5, 5.41) is 8.84. The molecule has 2 rings (SSSR count). The van der Waals surface area contributed by atoms with E-state index in [0.717, 1.165) is 5.56 Å². The van der Waals surface area contributed by atoms with Gasteiger partial charge < -0.3 is 14.6 Å². The standard InChI is InChI=1S/C19H22O4/c1-13(2)16-7-4-14(5-8-16)12-23-17-9-6-15(11-19(20)21)10-18(17)22-3/h4-10,13H,11-12H2,1-3H3,(H,20,21). The molecule has 122 valence electrons. The van der Waals surface area contributed by atoms with E-state index < -0.39 is 5.97 Å². The number of rotatable bonds is 7. The maximum absolute atomic E-state index is 10.8. The average Bonchev–Trinajstić information content (AvgIpc) is 2.53. The molecular formula is C19H22O4. The normalized spacial score (nSPS) is 10.6. The van der Waals surface area contributed by atoms with Crippen LogP contribution in [0.15, 0.2) is 42.5 Å². The first-order valence-corrected chi connectivity index (χ1v) is 7.60. The molecule has 0 radical (unpaired) electrons. The lowest BCUT2D eigenvalue weighted by molar-refractivity contribution is -0.136. The molecule has 0 spiro atoms. The van der Waals surface area contributed by atoms with Gasteiger partial charge in [-0.25, -0.2) is 0 Å². The highest BCUT2D eigenvalue weighted by molar-refractivity contribution is 5.70. The van der Waals surface area contributed by atoms with Crippen LogP contribution in [0.3, 0.4) is 0 Å². The van der Waals surface area contributed by atoms with E-state index in [1.807, 2.05) is 0 Å². The van der Waals surface area contributed by atoms with E-state index in [1.165, 1.54) is 5.56 Å². The zero-order valence-electron chi connectivity index (χ0n) is 13.7. The van der Waals surface area contributed by atoms with Crippen molar-refractivity contribution in [1.82, 2.24) is 0 Å². The fourth-order valence-corrected chi connectivity index (χ4v) is 2.28. The van der Waals surface area contributed by atoms with E-state index in [0.29, 0.717) is 29.6 Å². The Morgan fingerprint density at radius 2 is 1.70 bits per heavy atom. The van der Waals surface area contributed by atoms with Gasteiger partial charge in [0, 0.05) is 0 Å². The van der Waals surface area contributed by atoms with Crippen molar-refractivity contribution in [3.63, 3.8) is 0 Å². The number of methoxy groups -OCH3 is 1. The molecular weight excluding hydrogens is 292 g/mol. The first kappa shape index (κ1) is 16.9. The molecule has 0 fully saturated rings. The molecule has 0 saturated heterocycles. The van der Waals surface area contributed by atoms with Gasteiger partial charge in [-0.15, -0.1) is 0 Å². The molecule has 0 aliphatic heterocycles. The van der Waals surface area contributed by atoms with Crippen LogP contribution in [0.2, 0.25) is 0 Å². The predicted molar refractivity (Wildman–Crippen MR) is 89.2 cm³/mol. The summed E-state index contributed by atoms with van der Waals surface area (Å²) in [4.78, 5) is 10.8. The Balaban J connectivity index is 2.06. The van der Waals surface area contributed by atoms with Gasteiger partial charge in [0.05, 0.1) is 13.5 Å². The topological polar surface area (TPSA) is 55.8 Å². The number of aliphatic carboxylic acids is 1. The summed E-state index contributed by atoms with van der Waals surface area (Å²) >= 11 is 0. The summed E-state index contributed by atoms with van der Waals surface area (Å²) in [6.07, 6.45) is -0.0344. The third-order valence-electron chi connectivity index (χ3n) is 3.62. The van der Waals surface area contributed by atoms with Crippen molar-refractivity contribution in [2.45, 2.75) is 32.8 Å². The number of carboxylic acid groups (broad SMARTS) is 1. The largest absolute Gasteiger partial charge is 0.493 e. The summed E-state index contributed by atoms with van der Waals surface area (Å²) < 4.78 is 11.1. The number of hydrogen-bond donors (Lipinski definition) is 1. The van der Waals surface area contributed by atoms with Crippen LogP contribution in [0.4, 0.5) is 0 Å². The second kappa shape index (κ2) is 7.68. The van der Waals surface area contributed by atoms with Gasteiger partial charge in [0.15, 0.2) is 11.5 Å². The number of carbonyl (C=O) groups is 1. The summed E-state index contributed by atoms with van der Waals surface area (Å²) in [5.41, 5.74) is 3.05. The van der Waals surface area contributed by atoms with Crippen molar-refractivity contribution in [2.75, 3.05) is 7.11 Å². The monoisotopic (exact) mass is 314 g/mol. The van der Waals surface area contributed by atoms with Crippen molar-refractivity contribution < 1.29 is 19.4 Å². The second-order valence-electron chi connectivity index (χ2n) is 5.74. The lowest BCUT2D eigenvalue weighted by Gasteiger charge is -2.12. The Morgan fingerprint density at radius 3 is 2.26 bits per heavy atom. The third kappa shape index (κ3) is 4.74. The molecule has 0 amide bonds. The number of benzene rings is 2. The van der Waals surface area contributed by atoms with Crippen molar-refractivity contribution in [2.24, 2.45) is 0 Å². The molecule has 0 atom stereocenters. The summed E-state index contributed by atoms with van der Waals surface area (Å²) in [5.74, 6) is 0.787. The van der Waals surface area contributed by atoms with Gasteiger partial charge in [-0.1, -0.05) is 44.2 Å². The van der Waals surface area contributed by atoms with Crippen LogP contribution in [0, 0.1) is 0 Å². The smallest absolute Gasteiger partial charge is 0.307 e. The quantitative estimate of drug-likeness (QED) is 0.838. The second-order valence-corrected chi connectivity index (χ2v) is 5.74. The molecule has 1 N–H and O–H groups in total. The Bertz CT molecular complexity index is 660. The summed E-state index contributed by atoms with van der Waals surface area (Å²) in [6.45, 7) is 4.76. The van der Waals surface area contributed by atoms with Crippen molar-refractivity contribution in [3.05, 3.63) is 59.2 Å². The Morgan fingerprint density at radius 1 is 1.04 bits per heavy atom. The van der Waals surface area contributed by atoms with Crippen molar-refractivity contribution in [1.29, 1.82) is 0 Å². The Kier molecular flexibility index (Phi) is 5.63. The number of ether oxygens (including phenoxy) is 2. The lowest BCUT2D eigenvalue weighted by atomic mass is 10.0. The van der Waals surface area contributed by atoms with Gasteiger partial charge in [-0.05, 0) is 34.7 Å². The van der Waals surface area contributed by atoms with E-state index >= 15 is 0 Å². The lowest BCUT2D eigenvalue weighted by Crippen LogP contribution is -2.02. The van der Waals surface area contributed by atoms with E-state index in [-0.39, 0.29) is 6.42 Å². The Hall–Kier alpha value is -2.49. The molecule has 23 heavy (non-hydrogen) atoms. The molecule has 0 bridgehead atoms. The molecule has 0 saturated carbocycles. The Labute approximate surface area is 136 Å². The average molecular weight is 314 g/mol. The molecule has 2 aromatic rings. The molecule has 0 aromatic heterocycles. The number of hydrogen-bond acceptors (Lipinski definition) is 3. The minimum absolute atomic E-state index is 0.0344. The fourth-order valence-electron chi connectivity index (χ4n) is 2.28. The van der Waals surface area contributed by atoms with E-state index in [9.17, 15) is 4.79 Å². The molecule has 0 heterocycles. The zero-order chi connectivity index (χ0) is 16.8. The summed E-state index contributed by atoms with van der Waals surface area (Å²) in [6, 6.07) is 13.5. The SMILES string of the molecule is COc1cc(CC(=O)O)ccc1OCc1ccc(C(C)C)cc1. The molecule has 4 heteroatoms. The first-order valence-electron chi connectivity index (χ1n) is 7.60. The molecule has 0 aliphatic rings. The van der Waals surface area contributed by atoms with Gasteiger partial charge in [0.1, 0.15) is 6.61 Å². The van der Waals surface area contributed by atoms with Crippen LogP contribution >= 0.6 is 0 Å². The highest BCUT2D eigenvalue weighted by Gasteiger charge is 2.08. The molecule has 4 nitrogen and oxygen atoms in total. The highest BCUT2D eigenvalue weighted by atomic mass is 16.5. The predicted octanol–water partition coefficient (Wildman–Crippen LogP) is 4.02. The fraction of sp³-hybridized carbons (Fsp3) is 0.316. The van der Waals surface area contributed by atoms with Gasteiger partial charge >= 0.3 is 5.97 Å². The van der Waals surface area contributed by atoms with Gasteiger partial charge in [-0.2, -0.15) is 0 Å². The van der Waals surface area contributed by atoms with E-state index in [1.54, 1.807) is 25.3 Å². The van der Waals surface area contributed by atoms with E-state index in [4.69, 9.17) is 14.6 Å². The van der Waals surface area contributed by atoms with Gasteiger partial charge in [0.2, 0.25) is 0 Å². The maximum atomic E-state index is 10.8. The zero-order valence-corrected chi connectivity index (χ0v) is 13.7. The van der Waals surface area contributed by atoms with Crippen LogP contribution < -0.4 is 9.47 Å². The van der Waals surface area contributed by atoms with Gasteiger partial charge in [0.25, 0.3) is 0 Å². The minimum atomic E-state index is -0.869.